The minimum absolute atomic E-state index is 0.0508. The summed E-state index contributed by atoms with van der Waals surface area (Å²) in [4.78, 5) is 4.32. The van der Waals surface area contributed by atoms with E-state index in [1.165, 1.54) is 24.3 Å². The van der Waals surface area contributed by atoms with Crippen molar-refractivity contribution < 1.29 is 32.2 Å². The van der Waals surface area contributed by atoms with E-state index in [9.17, 15) is 13.2 Å². The van der Waals surface area contributed by atoms with Crippen LogP contribution in [0.5, 0.6) is 17.2 Å². The number of nitrogens with zero attached hydrogens (tertiary/aromatic N) is 1. The maximum absolute atomic E-state index is 13.1. The normalized spacial score (nSPS) is 13.2. The highest BCUT2D eigenvalue weighted by molar-refractivity contribution is 6.04. The predicted octanol–water partition coefficient (Wildman–Crippen LogP) is 6.27. The van der Waals surface area contributed by atoms with Gasteiger partial charge in [0.25, 0.3) is 0 Å². The third kappa shape index (κ3) is 8.04. The number of halogens is 3. The highest BCUT2D eigenvalue weighted by Gasteiger charge is 2.37. The second-order valence-electron chi connectivity index (χ2n) is 7.64. The molecule has 0 aliphatic heterocycles. The molecule has 0 saturated heterocycles. The van der Waals surface area contributed by atoms with Crippen molar-refractivity contribution in [2.45, 2.75) is 33.9 Å². The fourth-order valence-electron chi connectivity index (χ4n) is 3.04. The molecule has 2 rings (SSSR count). The number of hydrogen-bond acceptors (Lipinski definition) is 5. The number of oxime groups is 1. The summed E-state index contributed by atoms with van der Waals surface area (Å²) in [7, 11) is 1.07. The average molecular weight is 466 g/mol. The first-order valence-electron chi connectivity index (χ1n) is 10.5. The fraction of sp³-hybridized carbons (Fsp3) is 0.400. The van der Waals surface area contributed by atoms with E-state index >= 15 is 0 Å². The molecule has 0 heterocycles. The monoisotopic (exact) mass is 465 g/mol. The molecule has 1 atom stereocenters. The zero-order valence-electron chi connectivity index (χ0n) is 19.5. The number of ether oxygens (including phenoxy) is 3. The van der Waals surface area contributed by atoms with Crippen LogP contribution < -0.4 is 14.2 Å². The van der Waals surface area contributed by atoms with Crippen LogP contribution >= 0.6 is 0 Å². The lowest BCUT2D eigenvalue weighted by Gasteiger charge is -2.18. The van der Waals surface area contributed by atoms with Gasteiger partial charge < -0.3 is 19.0 Å². The number of alkyl halides is 3. The number of allylic oxidation sites excluding steroid dienone is 1. The largest absolute Gasteiger partial charge is 0.493 e. The predicted molar refractivity (Wildman–Crippen MR) is 122 cm³/mol. The van der Waals surface area contributed by atoms with E-state index in [0.29, 0.717) is 25.6 Å². The van der Waals surface area contributed by atoms with Gasteiger partial charge in [0.15, 0.2) is 5.71 Å². The highest BCUT2D eigenvalue weighted by atomic mass is 19.4. The van der Waals surface area contributed by atoms with Crippen molar-refractivity contribution >= 4 is 5.71 Å². The number of hydrogen-bond donors (Lipinski definition) is 0. The Morgan fingerprint density at radius 2 is 1.58 bits per heavy atom. The summed E-state index contributed by atoms with van der Waals surface area (Å²) in [6.07, 6.45) is -0.741. The minimum atomic E-state index is -4.61. The number of rotatable bonds is 11. The van der Waals surface area contributed by atoms with Crippen LogP contribution in [0.1, 0.15) is 30.5 Å². The summed E-state index contributed by atoms with van der Waals surface area (Å²) in [5.74, 6) is 2.11. The SMILES string of the molecule is C/C=C/COc1cc(C)c(OCC(C)COc2ccc(/C(=N/OC)C(F)(F)F)cc2)c(C)c1. The molecular weight excluding hydrogens is 435 g/mol. The maximum Gasteiger partial charge on any atom is 0.437 e. The molecule has 0 radical (unpaired) electrons. The molecule has 0 aliphatic carbocycles. The Labute approximate surface area is 192 Å². The Kier molecular flexibility index (Phi) is 9.63. The molecule has 0 saturated carbocycles. The average Bonchev–Trinajstić information content (AvgIpc) is 2.75. The Balaban J connectivity index is 1.91. The van der Waals surface area contributed by atoms with Crippen molar-refractivity contribution in [3.05, 3.63) is 65.2 Å². The Morgan fingerprint density at radius 3 is 2.12 bits per heavy atom. The number of benzene rings is 2. The summed E-state index contributed by atoms with van der Waals surface area (Å²) in [6.45, 7) is 9.14. The Morgan fingerprint density at radius 1 is 0.970 bits per heavy atom. The fourth-order valence-corrected chi connectivity index (χ4v) is 3.04. The summed E-state index contributed by atoms with van der Waals surface area (Å²) in [5.41, 5.74) is 0.763. The van der Waals surface area contributed by atoms with E-state index in [4.69, 9.17) is 14.2 Å². The zero-order chi connectivity index (χ0) is 24.4. The minimum Gasteiger partial charge on any atom is -0.493 e. The van der Waals surface area contributed by atoms with E-state index in [-0.39, 0.29) is 11.5 Å². The Hall–Kier alpha value is -3.16. The Bertz CT molecular complexity index is 930. The molecule has 0 amide bonds. The molecule has 0 aliphatic rings. The lowest BCUT2D eigenvalue weighted by atomic mass is 10.1. The van der Waals surface area contributed by atoms with Crippen molar-refractivity contribution in [1.29, 1.82) is 0 Å². The lowest BCUT2D eigenvalue weighted by molar-refractivity contribution is -0.0608. The van der Waals surface area contributed by atoms with Gasteiger partial charge in [-0.25, -0.2) is 0 Å². The van der Waals surface area contributed by atoms with E-state index in [1.54, 1.807) is 0 Å². The molecular formula is C25H30F3NO4. The molecule has 180 valence electrons. The van der Waals surface area contributed by atoms with Gasteiger partial charge in [-0.05, 0) is 68.3 Å². The van der Waals surface area contributed by atoms with Gasteiger partial charge in [-0.15, -0.1) is 0 Å². The molecule has 2 aromatic carbocycles. The van der Waals surface area contributed by atoms with Crippen molar-refractivity contribution in [1.82, 2.24) is 0 Å². The molecule has 0 fully saturated rings. The van der Waals surface area contributed by atoms with E-state index < -0.39 is 11.9 Å². The van der Waals surface area contributed by atoms with Gasteiger partial charge >= 0.3 is 6.18 Å². The van der Waals surface area contributed by atoms with Crippen LogP contribution in [0.4, 0.5) is 13.2 Å². The van der Waals surface area contributed by atoms with Crippen molar-refractivity contribution in [3.8, 4) is 17.2 Å². The molecule has 0 N–H and O–H groups in total. The number of aryl methyl sites for hydroxylation is 2. The first-order chi connectivity index (χ1) is 15.7. The van der Waals surface area contributed by atoms with E-state index in [2.05, 4.69) is 9.99 Å². The summed E-state index contributed by atoms with van der Waals surface area (Å²) in [5, 5.41) is 3.08. The van der Waals surface area contributed by atoms with Gasteiger partial charge in [-0.2, -0.15) is 13.2 Å². The highest BCUT2D eigenvalue weighted by Crippen LogP contribution is 2.29. The first-order valence-corrected chi connectivity index (χ1v) is 10.5. The molecule has 33 heavy (non-hydrogen) atoms. The summed E-state index contributed by atoms with van der Waals surface area (Å²) in [6, 6.07) is 9.43. The van der Waals surface area contributed by atoms with Crippen LogP contribution in [0, 0.1) is 19.8 Å². The molecule has 0 aromatic heterocycles. The van der Waals surface area contributed by atoms with Crippen LogP contribution in [-0.2, 0) is 4.84 Å². The standard InChI is InChI=1S/C25H30F3NO4/c1-6-7-12-31-22-13-18(3)23(19(4)14-22)33-16-17(2)15-32-21-10-8-20(9-11-21)24(29-30-5)25(26,27)28/h6-11,13-14,17H,12,15-16H2,1-5H3/b7-6+,29-24-. The van der Waals surface area contributed by atoms with Gasteiger partial charge in [0.05, 0.1) is 13.2 Å². The summed E-state index contributed by atoms with van der Waals surface area (Å²) < 4.78 is 56.6. The molecule has 8 heteroatoms. The topological polar surface area (TPSA) is 49.3 Å². The smallest absolute Gasteiger partial charge is 0.437 e. The van der Waals surface area contributed by atoms with Gasteiger partial charge in [0.2, 0.25) is 0 Å². The molecule has 2 aromatic rings. The van der Waals surface area contributed by atoms with Crippen LogP contribution in [0.3, 0.4) is 0 Å². The van der Waals surface area contributed by atoms with Crippen molar-refractivity contribution in [2.24, 2.45) is 11.1 Å². The molecule has 5 nitrogen and oxygen atoms in total. The van der Waals surface area contributed by atoms with Gasteiger partial charge in [0, 0.05) is 11.5 Å². The van der Waals surface area contributed by atoms with Crippen LogP contribution in [0.2, 0.25) is 0 Å². The quantitative estimate of drug-likeness (QED) is 0.223. The first kappa shape index (κ1) is 26.1. The second kappa shape index (κ2) is 12.2. The summed E-state index contributed by atoms with van der Waals surface area (Å²) >= 11 is 0. The lowest BCUT2D eigenvalue weighted by Crippen LogP contribution is -2.24. The van der Waals surface area contributed by atoms with E-state index in [0.717, 1.165) is 29.7 Å². The van der Waals surface area contributed by atoms with Crippen molar-refractivity contribution in [2.75, 3.05) is 26.9 Å². The third-order valence-corrected chi connectivity index (χ3v) is 4.64. The molecule has 0 spiro atoms. The van der Waals surface area contributed by atoms with Crippen LogP contribution in [0.15, 0.2) is 53.7 Å². The van der Waals surface area contributed by atoms with Gasteiger partial charge in [0.1, 0.15) is 31.0 Å². The van der Waals surface area contributed by atoms with Gasteiger partial charge in [-0.1, -0.05) is 24.2 Å². The molecule has 1 unspecified atom stereocenters. The van der Waals surface area contributed by atoms with Crippen LogP contribution in [0.25, 0.3) is 0 Å². The third-order valence-electron chi connectivity index (χ3n) is 4.64. The molecule has 0 bridgehead atoms. The van der Waals surface area contributed by atoms with Gasteiger partial charge in [-0.3, -0.25) is 0 Å². The van der Waals surface area contributed by atoms with Crippen LogP contribution in [-0.4, -0.2) is 38.8 Å². The maximum atomic E-state index is 13.1. The zero-order valence-corrected chi connectivity index (χ0v) is 19.5. The van der Waals surface area contributed by atoms with Crippen molar-refractivity contribution in [3.63, 3.8) is 0 Å². The van der Waals surface area contributed by atoms with E-state index in [1.807, 2.05) is 52.0 Å². The second-order valence-corrected chi connectivity index (χ2v) is 7.64.